The molecule has 0 fully saturated rings. The number of nitro groups is 1. The molecule has 10 nitrogen and oxygen atoms in total. The first-order valence-corrected chi connectivity index (χ1v) is 11.7. The number of benzene rings is 2. The average Bonchev–Trinajstić information content (AvgIpc) is 3.17. The van der Waals surface area contributed by atoms with Crippen molar-refractivity contribution in [2.45, 2.75) is 38.9 Å². The van der Waals surface area contributed by atoms with E-state index >= 15 is 0 Å². The summed E-state index contributed by atoms with van der Waals surface area (Å²) in [7, 11) is 0. The summed E-state index contributed by atoms with van der Waals surface area (Å²) < 4.78 is 1.73. The van der Waals surface area contributed by atoms with E-state index in [9.17, 15) is 19.7 Å². The number of carbonyl (C=O) groups excluding carboxylic acids is 2. The van der Waals surface area contributed by atoms with Crippen molar-refractivity contribution in [2.24, 2.45) is 0 Å². The predicted octanol–water partition coefficient (Wildman–Crippen LogP) is 4.21. The Labute approximate surface area is 207 Å². The maximum absolute atomic E-state index is 12.6. The topological polar surface area (TPSA) is 132 Å². The lowest BCUT2D eigenvalue weighted by Crippen LogP contribution is -2.18. The number of nitrogens with zero attached hydrogens (tertiary/aromatic N) is 4. The average molecular weight is 495 g/mol. The number of rotatable bonds is 10. The van der Waals surface area contributed by atoms with Gasteiger partial charge in [-0.05, 0) is 49.6 Å². The van der Waals surface area contributed by atoms with Crippen LogP contribution in [-0.2, 0) is 22.6 Å². The van der Waals surface area contributed by atoms with Gasteiger partial charge in [0.15, 0.2) is 5.16 Å². The zero-order valence-electron chi connectivity index (χ0n) is 19.7. The second-order valence-electron chi connectivity index (χ2n) is 7.92. The molecule has 3 rings (SSSR count). The van der Waals surface area contributed by atoms with Crippen LogP contribution in [-0.4, -0.2) is 37.3 Å². The van der Waals surface area contributed by atoms with Gasteiger partial charge in [-0.3, -0.25) is 19.7 Å². The van der Waals surface area contributed by atoms with E-state index in [1.807, 2.05) is 32.0 Å². The van der Waals surface area contributed by atoms with E-state index in [2.05, 4.69) is 27.4 Å². The minimum absolute atomic E-state index is 0.00620. The molecule has 0 aliphatic carbocycles. The lowest BCUT2D eigenvalue weighted by Gasteiger charge is -2.10. The Morgan fingerprint density at radius 1 is 1.06 bits per heavy atom. The Morgan fingerprint density at radius 3 is 2.49 bits per heavy atom. The number of carbonyl (C=O) groups is 2. The lowest BCUT2D eigenvalue weighted by molar-refractivity contribution is -0.384. The summed E-state index contributed by atoms with van der Waals surface area (Å²) >= 11 is 1.15. The molecule has 0 aliphatic rings. The van der Waals surface area contributed by atoms with E-state index in [4.69, 9.17) is 0 Å². The largest absolute Gasteiger partial charge is 0.326 e. The number of nitro benzene ring substituents is 1. The molecule has 1 heterocycles. The highest BCUT2D eigenvalue weighted by Crippen LogP contribution is 2.23. The second kappa shape index (κ2) is 11.4. The Kier molecular flexibility index (Phi) is 8.37. The summed E-state index contributed by atoms with van der Waals surface area (Å²) in [6, 6.07) is 9.98. The third-order valence-electron chi connectivity index (χ3n) is 5.25. The van der Waals surface area contributed by atoms with Crippen molar-refractivity contribution in [3.63, 3.8) is 0 Å². The van der Waals surface area contributed by atoms with Crippen LogP contribution in [0, 0.1) is 30.9 Å². The molecule has 0 aliphatic heterocycles. The third-order valence-corrected chi connectivity index (χ3v) is 6.22. The van der Waals surface area contributed by atoms with Crippen LogP contribution in [0.2, 0.25) is 0 Å². The molecule has 0 saturated carbocycles. The number of thioether (sulfide) groups is 1. The summed E-state index contributed by atoms with van der Waals surface area (Å²) in [6.45, 7) is 9.85. The van der Waals surface area contributed by atoms with Crippen LogP contribution in [0.15, 0.2) is 54.2 Å². The van der Waals surface area contributed by atoms with Gasteiger partial charge >= 0.3 is 0 Å². The van der Waals surface area contributed by atoms with Gasteiger partial charge in [0.1, 0.15) is 5.82 Å². The van der Waals surface area contributed by atoms with Crippen molar-refractivity contribution < 1.29 is 14.5 Å². The summed E-state index contributed by atoms with van der Waals surface area (Å²) in [5.41, 5.74) is 3.90. The molecule has 0 atom stereocenters. The first-order valence-electron chi connectivity index (χ1n) is 10.8. The number of anilines is 2. The quantitative estimate of drug-likeness (QED) is 0.187. The molecule has 35 heavy (non-hydrogen) atoms. The first-order chi connectivity index (χ1) is 16.7. The predicted molar refractivity (Wildman–Crippen MR) is 136 cm³/mol. The minimum Gasteiger partial charge on any atom is -0.326 e. The highest BCUT2D eigenvalue weighted by atomic mass is 32.2. The highest BCUT2D eigenvalue weighted by molar-refractivity contribution is 7.99. The summed E-state index contributed by atoms with van der Waals surface area (Å²) in [6.07, 6.45) is 1.66. The molecule has 0 bridgehead atoms. The van der Waals surface area contributed by atoms with Crippen molar-refractivity contribution >= 4 is 40.6 Å². The van der Waals surface area contributed by atoms with Crippen molar-refractivity contribution in [3.05, 3.63) is 81.7 Å². The van der Waals surface area contributed by atoms with E-state index in [1.54, 1.807) is 23.6 Å². The van der Waals surface area contributed by atoms with E-state index in [0.29, 0.717) is 34.5 Å². The van der Waals surface area contributed by atoms with Crippen molar-refractivity contribution in [1.82, 2.24) is 14.8 Å². The minimum atomic E-state index is -0.515. The molecule has 2 N–H and O–H groups in total. The van der Waals surface area contributed by atoms with E-state index in [-0.39, 0.29) is 29.7 Å². The number of allylic oxidation sites excluding steroid dienone is 1. The molecule has 0 saturated heterocycles. The molecule has 0 radical (unpaired) electrons. The number of aromatic nitrogens is 3. The van der Waals surface area contributed by atoms with Crippen molar-refractivity contribution in [1.29, 1.82) is 0 Å². The molecule has 2 amide bonds. The molecule has 11 heteroatoms. The van der Waals surface area contributed by atoms with E-state index in [1.165, 1.54) is 12.1 Å². The SMILES string of the molecule is C=CCn1c(CC(=O)Nc2ccc(C)c(C)c2)nnc1SCC(=O)Nc1cc([N+](=O)[O-])ccc1C. The van der Waals surface area contributed by atoms with Gasteiger partial charge in [-0.15, -0.1) is 16.8 Å². The summed E-state index contributed by atoms with van der Waals surface area (Å²) in [5, 5.41) is 25.3. The van der Waals surface area contributed by atoms with Gasteiger partial charge in [-0.2, -0.15) is 0 Å². The smallest absolute Gasteiger partial charge is 0.271 e. The Hall–Kier alpha value is -3.99. The standard InChI is InChI=1S/C24H26N6O4S/c1-5-10-29-21(13-22(31)25-18-8-6-15(2)17(4)11-18)27-28-24(29)35-14-23(32)26-20-12-19(30(33)34)9-7-16(20)3/h5-9,11-12H,1,10,13-14H2,2-4H3,(H,25,31)(H,26,32). The summed E-state index contributed by atoms with van der Waals surface area (Å²) in [5.74, 6) is -0.127. The van der Waals surface area contributed by atoms with Crippen LogP contribution in [0.4, 0.5) is 17.1 Å². The van der Waals surface area contributed by atoms with Crippen LogP contribution in [0.3, 0.4) is 0 Å². The molecule has 0 unspecified atom stereocenters. The Morgan fingerprint density at radius 2 is 1.80 bits per heavy atom. The molecule has 0 spiro atoms. The Balaban J connectivity index is 1.65. The normalized spacial score (nSPS) is 10.6. The fraction of sp³-hybridized carbons (Fsp3) is 0.250. The van der Waals surface area contributed by atoms with Gasteiger partial charge in [0.2, 0.25) is 11.8 Å². The van der Waals surface area contributed by atoms with E-state index < -0.39 is 4.92 Å². The van der Waals surface area contributed by atoms with Crippen LogP contribution >= 0.6 is 11.8 Å². The highest BCUT2D eigenvalue weighted by Gasteiger charge is 2.17. The molecule has 182 valence electrons. The van der Waals surface area contributed by atoms with Gasteiger partial charge < -0.3 is 15.2 Å². The van der Waals surface area contributed by atoms with Gasteiger partial charge in [-0.1, -0.05) is 30.0 Å². The van der Waals surface area contributed by atoms with Crippen LogP contribution in [0.1, 0.15) is 22.5 Å². The van der Waals surface area contributed by atoms with E-state index in [0.717, 1.165) is 22.9 Å². The number of amides is 2. The third kappa shape index (κ3) is 6.76. The van der Waals surface area contributed by atoms with Crippen LogP contribution in [0.5, 0.6) is 0 Å². The maximum atomic E-state index is 12.6. The summed E-state index contributed by atoms with van der Waals surface area (Å²) in [4.78, 5) is 35.6. The van der Waals surface area contributed by atoms with Gasteiger partial charge in [0.05, 0.1) is 22.8 Å². The fourth-order valence-corrected chi connectivity index (χ4v) is 3.98. The van der Waals surface area contributed by atoms with Gasteiger partial charge in [0, 0.05) is 24.4 Å². The van der Waals surface area contributed by atoms with Crippen LogP contribution in [0.25, 0.3) is 0 Å². The monoisotopic (exact) mass is 494 g/mol. The van der Waals surface area contributed by atoms with Crippen LogP contribution < -0.4 is 10.6 Å². The fourth-order valence-electron chi connectivity index (χ4n) is 3.21. The first kappa shape index (κ1) is 25.6. The van der Waals surface area contributed by atoms with Crippen molar-refractivity contribution in [2.75, 3.05) is 16.4 Å². The van der Waals surface area contributed by atoms with Gasteiger partial charge in [0.25, 0.3) is 5.69 Å². The van der Waals surface area contributed by atoms with Crippen molar-refractivity contribution in [3.8, 4) is 0 Å². The zero-order chi connectivity index (χ0) is 25.5. The Bertz CT molecular complexity index is 1290. The lowest BCUT2D eigenvalue weighted by atomic mass is 10.1. The molecule has 3 aromatic rings. The molecular formula is C24H26N6O4S. The number of nitrogens with one attached hydrogen (secondary N) is 2. The maximum Gasteiger partial charge on any atom is 0.271 e. The number of hydrogen-bond donors (Lipinski definition) is 2. The molecule has 1 aromatic heterocycles. The molecule has 2 aromatic carbocycles. The molecular weight excluding hydrogens is 468 g/mol. The zero-order valence-corrected chi connectivity index (χ0v) is 20.5. The number of non-ortho nitro benzene ring substituents is 1. The number of hydrogen-bond acceptors (Lipinski definition) is 7. The number of aryl methyl sites for hydroxylation is 3. The second-order valence-corrected chi connectivity index (χ2v) is 8.86. The van der Waals surface area contributed by atoms with Gasteiger partial charge in [-0.25, -0.2) is 0 Å².